The highest BCUT2D eigenvalue weighted by Crippen LogP contribution is 2.49. The van der Waals surface area contributed by atoms with Crippen LogP contribution in [0.2, 0.25) is 0 Å². The summed E-state index contributed by atoms with van der Waals surface area (Å²) < 4.78 is 2.19. The number of amides is 2. The van der Waals surface area contributed by atoms with Crippen molar-refractivity contribution in [2.45, 2.75) is 76.5 Å². The van der Waals surface area contributed by atoms with Crippen molar-refractivity contribution in [1.82, 2.24) is 29.9 Å². The maximum absolute atomic E-state index is 12.9. The Kier molecular flexibility index (Phi) is 13.1. The van der Waals surface area contributed by atoms with E-state index >= 15 is 0 Å². The molecule has 0 spiro atoms. The normalized spacial score (nSPS) is 19.9. The lowest BCUT2D eigenvalue weighted by Gasteiger charge is -2.43. The first-order valence-electron chi connectivity index (χ1n) is 19.7. The number of likely N-dealkylation sites (tertiary alicyclic amines) is 2. The number of amidine groups is 1. The maximum Gasteiger partial charge on any atom is 0.272 e. The van der Waals surface area contributed by atoms with E-state index in [2.05, 4.69) is 50.1 Å². The summed E-state index contributed by atoms with van der Waals surface area (Å²) >= 11 is 0. The Morgan fingerprint density at radius 3 is 2.36 bits per heavy atom. The highest BCUT2D eigenvalue weighted by molar-refractivity contribution is 6.02. The molecule has 3 aliphatic heterocycles. The van der Waals surface area contributed by atoms with Crippen LogP contribution in [0, 0.1) is 5.92 Å². The molecule has 5 aliphatic rings. The van der Waals surface area contributed by atoms with Crippen LogP contribution >= 0.6 is 0 Å². The number of aliphatic hydroxyl groups is 2. The fraction of sp³-hybridized carbons (Fsp3) is 0.488. The Bertz CT molecular complexity index is 1950. The minimum Gasteiger partial charge on any atom is -0.513 e. The summed E-state index contributed by atoms with van der Waals surface area (Å²) in [4.78, 5) is 40.3. The predicted molar refractivity (Wildman–Crippen MR) is 219 cm³/mol. The molecule has 56 heavy (non-hydrogen) atoms. The summed E-state index contributed by atoms with van der Waals surface area (Å²) in [6.45, 7) is 6.14. The van der Waals surface area contributed by atoms with Crippen LogP contribution in [-0.2, 0) is 11.3 Å². The fourth-order valence-corrected chi connectivity index (χ4v) is 7.58. The van der Waals surface area contributed by atoms with Gasteiger partial charge in [-0.25, -0.2) is 4.98 Å². The number of nitrogens with zero attached hydrogens (tertiary/aromatic N) is 7. The molecular formula is C41H57N11O4. The van der Waals surface area contributed by atoms with Crippen molar-refractivity contribution in [3.63, 3.8) is 0 Å². The zero-order chi connectivity index (χ0) is 39.9. The third-order valence-electron chi connectivity index (χ3n) is 10.9. The fourth-order valence-electron chi connectivity index (χ4n) is 7.58. The third-order valence-corrected chi connectivity index (χ3v) is 10.9. The standard InChI is InChI=1S/C36H44N10O3.C4H9N.CH4O/c1-3-31-34-26(17-39-46(34)24-19-44(20-24)18-23-8-6-11-29(40-23)36(49)45-14-4-5-15-45)25-9-7-10-28(33(25)43(31)2)41-30(27(37)21-47)16-32(38)42-35(48)22-12-13-22;1-5-4-2-3-4;1-2/h6-11,16-17,21-22,24,31,41,47H,3-5,12-15,18-20,37H2,1-2H3,(H2,38,42,48);4-5H,2-3H2,1H3;2H,1H3/b27-21+,30-16+;;. The van der Waals surface area contributed by atoms with Gasteiger partial charge in [0.05, 0.1) is 52.4 Å². The van der Waals surface area contributed by atoms with Gasteiger partial charge >= 0.3 is 0 Å². The lowest BCUT2D eigenvalue weighted by molar-refractivity contribution is -0.118. The number of para-hydroxylation sites is 1. The minimum atomic E-state index is -0.239. The molecule has 4 fully saturated rings. The van der Waals surface area contributed by atoms with Gasteiger partial charge in [-0.3, -0.25) is 19.2 Å². The SMILES string of the molecule is CCC1c2c(cnn2C2CN(Cc3cccc(C(=O)N4CCCC4)n3)C2)-c2cccc(NC(=C/C(N)=NC(=O)C3CC3)/C(N)=C\O)c2N1C.CNC1CC1.CO. The van der Waals surface area contributed by atoms with Crippen LogP contribution in [0.5, 0.6) is 0 Å². The number of carbonyl (C=O) groups is 2. The zero-order valence-corrected chi connectivity index (χ0v) is 33.0. The van der Waals surface area contributed by atoms with E-state index in [1.54, 1.807) is 0 Å². The van der Waals surface area contributed by atoms with Gasteiger partial charge < -0.3 is 42.1 Å². The smallest absolute Gasteiger partial charge is 0.272 e. The van der Waals surface area contributed by atoms with Gasteiger partial charge in [0.2, 0.25) is 0 Å². The molecule has 3 aromatic rings. The van der Waals surface area contributed by atoms with Crippen LogP contribution in [0.15, 0.2) is 71.3 Å². The predicted octanol–water partition coefficient (Wildman–Crippen LogP) is 4.06. The number of pyridine rings is 1. The second-order valence-corrected chi connectivity index (χ2v) is 15.0. The summed E-state index contributed by atoms with van der Waals surface area (Å²) in [6, 6.07) is 12.9. The Morgan fingerprint density at radius 1 is 1.02 bits per heavy atom. The molecule has 2 saturated heterocycles. The summed E-state index contributed by atoms with van der Waals surface area (Å²) in [5.74, 6) is -0.252. The van der Waals surface area contributed by atoms with Crippen LogP contribution in [0.4, 0.5) is 11.4 Å². The largest absolute Gasteiger partial charge is 0.513 e. The van der Waals surface area contributed by atoms with Gasteiger partial charge in [0.25, 0.3) is 11.8 Å². The van der Waals surface area contributed by atoms with Crippen molar-refractivity contribution in [1.29, 1.82) is 0 Å². The van der Waals surface area contributed by atoms with Crippen LogP contribution in [0.3, 0.4) is 0 Å². The van der Waals surface area contributed by atoms with Crippen LogP contribution < -0.4 is 27.0 Å². The molecule has 1 aromatic carbocycles. The lowest BCUT2D eigenvalue weighted by Crippen LogP contribution is -2.48. The van der Waals surface area contributed by atoms with Gasteiger partial charge in [0.15, 0.2) is 0 Å². The quantitative estimate of drug-likeness (QED) is 0.0708. The number of carbonyl (C=O) groups excluding carboxylic acids is 2. The van der Waals surface area contributed by atoms with Gasteiger partial charge in [-0.15, -0.1) is 0 Å². The van der Waals surface area contributed by atoms with Crippen molar-refractivity contribution in [3.05, 3.63) is 83.4 Å². The second-order valence-electron chi connectivity index (χ2n) is 15.0. The number of aliphatic imine (C=N–C) groups is 1. The molecule has 8 rings (SSSR count). The number of aromatic nitrogens is 3. The molecule has 300 valence electrons. The summed E-state index contributed by atoms with van der Waals surface area (Å²) in [5.41, 5.74) is 19.1. The molecule has 2 saturated carbocycles. The van der Waals surface area contributed by atoms with Gasteiger partial charge in [-0.05, 0) is 70.2 Å². The average molecular weight is 768 g/mol. The van der Waals surface area contributed by atoms with Crippen LogP contribution in [0.25, 0.3) is 11.1 Å². The first-order chi connectivity index (χ1) is 27.2. The van der Waals surface area contributed by atoms with Crippen molar-refractivity contribution in [3.8, 4) is 11.1 Å². The Morgan fingerprint density at radius 2 is 1.73 bits per heavy atom. The van der Waals surface area contributed by atoms with Crippen LogP contribution in [0.1, 0.15) is 85.8 Å². The summed E-state index contributed by atoms with van der Waals surface area (Å²) in [5, 5.41) is 28.2. The highest BCUT2D eigenvalue weighted by atomic mass is 16.2. The minimum absolute atomic E-state index is 0.0194. The molecule has 15 heteroatoms. The number of hydrogen-bond donors (Lipinski definition) is 6. The van der Waals surface area contributed by atoms with E-state index in [0.29, 0.717) is 17.9 Å². The zero-order valence-electron chi connectivity index (χ0n) is 33.0. The molecule has 5 heterocycles. The van der Waals surface area contributed by atoms with E-state index in [9.17, 15) is 14.7 Å². The molecule has 15 nitrogen and oxygen atoms in total. The third kappa shape index (κ3) is 9.06. The number of aliphatic hydroxyl groups excluding tert-OH is 2. The molecule has 8 N–H and O–H groups in total. The molecule has 0 bridgehead atoms. The molecule has 2 amide bonds. The van der Waals surface area contributed by atoms with E-state index in [4.69, 9.17) is 26.7 Å². The molecule has 1 unspecified atom stereocenters. The Labute approximate surface area is 329 Å². The number of benzene rings is 1. The van der Waals surface area contributed by atoms with Crippen LogP contribution in [-0.4, -0.2) is 106 Å². The number of rotatable bonds is 11. The summed E-state index contributed by atoms with van der Waals surface area (Å²) in [6.07, 6.45) is 11.7. The average Bonchev–Trinajstić information content (AvgIpc) is 4.13. The molecule has 1 atom stereocenters. The monoisotopic (exact) mass is 767 g/mol. The number of fused-ring (bicyclic) bond motifs is 3. The van der Waals surface area contributed by atoms with E-state index in [1.165, 1.54) is 24.6 Å². The molecular weight excluding hydrogens is 711 g/mol. The van der Waals surface area contributed by atoms with E-state index < -0.39 is 0 Å². The van der Waals surface area contributed by atoms with E-state index in [-0.39, 0.29) is 41.3 Å². The first-order valence-corrected chi connectivity index (χ1v) is 19.7. The van der Waals surface area contributed by atoms with Gasteiger partial charge in [-0.2, -0.15) is 10.1 Å². The molecule has 0 radical (unpaired) electrons. The first kappa shape index (κ1) is 40.4. The van der Waals surface area contributed by atoms with Gasteiger partial charge in [0, 0.05) is 76.0 Å². The van der Waals surface area contributed by atoms with Gasteiger partial charge in [0.1, 0.15) is 17.8 Å². The van der Waals surface area contributed by atoms with E-state index in [1.807, 2.05) is 48.5 Å². The Hall–Kier alpha value is -5.25. The highest BCUT2D eigenvalue weighted by Gasteiger charge is 2.38. The van der Waals surface area contributed by atoms with Gasteiger partial charge in [-0.1, -0.05) is 25.1 Å². The van der Waals surface area contributed by atoms with Crippen molar-refractivity contribution >= 4 is 29.0 Å². The van der Waals surface area contributed by atoms with Crippen molar-refractivity contribution in [2.24, 2.45) is 22.4 Å². The number of nitrogens with two attached hydrogens (primary N) is 2. The number of anilines is 2. The van der Waals surface area contributed by atoms with Crippen molar-refractivity contribution < 1.29 is 19.8 Å². The number of nitrogens with one attached hydrogen (secondary N) is 2. The topological polar surface area (TPSA) is 203 Å². The molecule has 2 aromatic heterocycles. The van der Waals surface area contributed by atoms with Crippen molar-refractivity contribution in [2.75, 3.05) is 57.6 Å². The maximum atomic E-state index is 12.9. The molecule has 2 aliphatic carbocycles. The second kappa shape index (κ2) is 18.1. The lowest BCUT2D eigenvalue weighted by atomic mass is 9.91. The van der Waals surface area contributed by atoms with E-state index in [0.717, 1.165) is 106 Å². The Balaban J connectivity index is 0.000000695. The summed E-state index contributed by atoms with van der Waals surface area (Å²) in [7, 11) is 5.09. The number of hydrogen-bond acceptors (Lipinski definition) is 11.